The molecule has 2 aromatic rings. The van der Waals surface area contributed by atoms with Gasteiger partial charge in [-0.3, -0.25) is 0 Å². The van der Waals surface area contributed by atoms with Crippen molar-refractivity contribution < 1.29 is 9.47 Å². The third-order valence-electron chi connectivity index (χ3n) is 3.02. The Hall–Kier alpha value is -1.66. The first-order chi connectivity index (χ1) is 9.73. The maximum atomic E-state index is 5.34. The molecule has 2 heterocycles. The van der Waals surface area contributed by atoms with Crippen molar-refractivity contribution in [3.63, 3.8) is 0 Å². The molecule has 6 heteroatoms. The van der Waals surface area contributed by atoms with E-state index in [1.807, 2.05) is 7.05 Å². The molecule has 5 nitrogen and oxygen atoms in total. The lowest BCUT2D eigenvalue weighted by Gasteiger charge is -2.16. The predicted octanol–water partition coefficient (Wildman–Crippen LogP) is 2.43. The summed E-state index contributed by atoms with van der Waals surface area (Å²) < 4.78 is 10.4. The number of thiophene rings is 1. The van der Waals surface area contributed by atoms with Gasteiger partial charge in [-0.25, -0.2) is 4.98 Å². The molecule has 0 radical (unpaired) electrons. The van der Waals surface area contributed by atoms with Crippen molar-refractivity contribution in [2.75, 3.05) is 21.3 Å². The fourth-order valence-electron chi connectivity index (χ4n) is 1.97. The highest BCUT2D eigenvalue weighted by atomic mass is 32.1. The standard InChI is InChI=1S/C14H19N3O2S/c1-5-9-6-7-10(20-9)12(15-2)13-14(19-4)17-11(18-3)8-16-13/h6-8,12,15H,5H2,1-4H3. The van der Waals surface area contributed by atoms with Crippen molar-refractivity contribution in [2.45, 2.75) is 19.4 Å². The number of nitrogens with zero attached hydrogens (tertiary/aromatic N) is 2. The minimum Gasteiger partial charge on any atom is -0.480 e. The lowest BCUT2D eigenvalue weighted by Crippen LogP contribution is -2.19. The zero-order valence-electron chi connectivity index (χ0n) is 12.1. The van der Waals surface area contributed by atoms with Gasteiger partial charge in [0, 0.05) is 9.75 Å². The van der Waals surface area contributed by atoms with E-state index in [4.69, 9.17) is 9.47 Å². The van der Waals surface area contributed by atoms with E-state index in [0.717, 1.165) is 12.1 Å². The Morgan fingerprint density at radius 2 is 2.10 bits per heavy atom. The maximum absolute atomic E-state index is 5.34. The van der Waals surface area contributed by atoms with Gasteiger partial charge >= 0.3 is 0 Å². The quantitative estimate of drug-likeness (QED) is 0.886. The number of ether oxygens (including phenoxy) is 2. The van der Waals surface area contributed by atoms with Crippen LogP contribution in [-0.4, -0.2) is 31.2 Å². The van der Waals surface area contributed by atoms with Gasteiger partial charge in [-0.2, -0.15) is 4.98 Å². The normalized spacial score (nSPS) is 12.2. The zero-order chi connectivity index (χ0) is 14.5. The van der Waals surface area contributed by atoms with Crippen molar-refractivity contribution in [3.05, 3.63) is 33.8 Å². The molecule has 0 fully saturated rings. The fourth-order valence-corrected chi connectivity index (χ4v) is 3.03. The minimum absolute atomic E-state index is 0.0337. The molecule has 0 aliphatic carbocycles. The number of methoxy groups -OCH3 is 2. The van der Waals surface area contributed by atoms with Crippen LogP contribution in [0, 0.1) is 0 Å². The Morgan fingerprint density at radius 3 is 2.65 bits per heavy atom. The molecular formula is C14H19N3O2S. The first-order valence-electron chi connectivity index (χ1n) is 6.44. The molecular weight excluding hydrogens is 274 g/mol. The summed E-state index contributed by atoms with van der Waals surface area (Å²) in [6.07, 6.45) is 2.64. The smallest absolute Gasteiger partial charge is 0.240 e. The maximum Gasteiger partial charge on any atom is 0.240 e. The molecule has 0 aromatic carbocycles. The highest BCUT2D eigenvalue weighted by Crippen LogP contribution is 2.32. The summed E-state index contributed by atoms with van der Waals surface area (Å²) in [5, 5.41) is 3.27. The lowest BCUT2D eigenvalue weighted by atomic mass is 10.1. The highest BCUT2D eigenvalue weighted by Gasteiger charge is 2.21. The minimum atomic E-state index is -0.0337. The largest absolute Gasteiger partial charge is 0.480 e. The van der Waals surface area contributed by atoms with Crippen LogP contribution in [0.1, 0.15) is 28.4 Å². The molecule has 1 unspecified atom stereocenters. The number of hydrogen-bond acceptors (Lipinski definition) is 6. The van der Waals surface area contributed by atoms with Crippen LogP contribution in [0.3, 0.4) is 0 Å². The summed E-state index contributed by atoms with van der Waals surface area (Å²) in [5.74, 6) is 0.927. The first kappa shape index (κ1) is 14.7. The molecule has 0 aliphatic rings. The van der Waals surface area contributed by atoms with Gasteiger partial charge in [0.25, 0.3) is 0 Å². The van der Waals surface area contributed by atoms with Gasteiger partial charge in [0.1, 0.15) is 5.69 Å². The average molecular weight is 293 g/mol. The van der Waals surface area contributed by atoms with Crippen LogP contribution in [0.15, 0.2) is 18.3 Å². The van der Waals surface area contributed by atoms with Crippen molar-refractivity contribution in [1.29, 1.82) is 0 Å². The molecule has 20 heavy (non-hydrogen) atoms. The van der Waals surface area contributed by atoms with E-state index in [2.05, 4.69) is 34.3 Å². The van der Waals surface area contributed by atoms with Crippen molar-refractivity contribution in [3.8, 4) is 11.8 Å². The van der Waals surface area contributed by atoms with Gasteiger partial charge in [-0.05, 0) is 25.6 Å². The Labute approximate surface area is 123 Å². The predicted molar refractivity (Wildman–Crippen MR) is 79.7 cm³/mol. The monoisotopic (exact) mass is 293 g/mol. The van der Waals surface area contributed by atoms with E-state index in [9.17, 15) is 0 Å². The van der Waals surface area contributed by atoms with Crippen LogP contribution in [0.4, 0.5) is 0 Å². The third-order valence-corrected chi connectivity index (χ3v) is 4.32. The van der Waals surface area contributed by atoms with Gasteiger partial charge in [0.15, 0.2) is 0 Å². The Morgan fingerprint density at radius 1 is 1.30 bits per heavy atom. The topological polar surface area (TPSA) is 56.3 Å². The SMILES string of the molecule is CCc1ccc(C(NC)c2ncc(OC)nc2OC)s1. The molecule has 108 valence electrons. The number of aryl methyl sites for hydroxylation is 1. The van der Waals surface area contributed by atoms with Crippen molar-refractivity contribution in [2.24, 2.45) is 0 Å². The summed E-state index contributed by atoms with van der Waals surface area (Å²) in [6.45, 7) is 2.15. The van der Waals surface area contributed by atoms with Gasteiger partial charge < -0.3 is 14.8 Å². The van der Waals surface area contributed by atoms with Gasteiger partial charge in [-0.1, -0.05) is 6.92 Å². The summed E-state index contributed by atoms with van der Waals surface area (Å²) in [5.41, 5.74) is 0.764. The summed E-state index contributed by atoms with van der Waals surface area (Å²) >= 11 is 1.77. The molecule has 1 atom stereocenters. The van der Waals surface area contributed by atoms with E-state index < -0.39 is 0 Å². The van der Waals surface area contributed by atoms with Crippen LogP contribution in [0.2, 0.25) is 0 Å². The molecule has 0 saturated heterocycles. The molecule has 0 saturated carbocycles. The van der Waals surface area contributed by atoms with Crippen LogP contribution >= 0.6 is 11.3 Å². The van der Waals surface area contributed by atoms with Crippen molar-refractivity contribution in [1.82, 2.24) is 15.3 Å². The van der Waals surface area contributed by atoms with Crippen LogP contribution in [-0.2, 0) is 6.42 Å². The zero-order valence-corrected chi connectivity index (χ0v) is 13.0. The molecule has 0 bridgehead atoms. The van der Waals surface area contributed by atoms with Gasteiger partial charge in [0.2, 0.25) is 11.8 Å². The van der Waals surface area contributed by atoms with Gasteiger partial charge in [-0.15, -0.1) is 11.3 Å². The van der Waals surface area contributed by atoms with E-state index in [-0.39, 0.29) is 6.04 Å². The fraction of sp³-hybridized carbons (Fsp3) is 0.429. The lowest BCUT2D eigenvalue weighted by molar-refractivity contribution is 0.353. The Kier molecular flexibility index (Phi) is 4.92. The second-order valence-corrected chi connectivity index (χ2v) is 5.39. The number of hydrogen-bond donors (Lipinski definition) is 1. The van der Waals surface area contributed by atoms with E-state index in [1.54, 1.807) is 31.8 Å². The van der Waals surface area contributed by atoms with E-state index in [0.29, 0.717) is 11.8 Å². The average Bonchev–Trinajstić information content (AvgIpc) is 2.97. The molecule has 0 amide bonds. The number of rotatable bonds is 6. The second-order valence-electron chi connectivity index (χ2n) is 4.19. The molecule has 0 spiro atoms. The summed E-state index contributed by atoms with van der Waals surface area (Å²) in [6, 6.07) is 4.23. The highest BCUT2D eigenvalue weighted by molar-refractivity contribution is 7.12. The molecule has 0 aliphatic heterocycles. The second kappa shape index (κ2) is 6.67. The van der Waals surface area contributed by atoms with E-state index >= 15 is 0 Å². The summed E-state index contributed by atoms with van der Waals surface area (Å²) in [4.78, 5) is 11.3. The van der Waals surface area contributed by atoms with Crippen LogP contribution in [0.25, 0.3) is 0 Å². The molecule has 2 aromatic heterocycles. The third kappa shape index (κ3) is 2.91. The first-order valence-corrected chi connectivity index (χ1v) is 7.25. The molecule has 1 N–H and O–H groups in total. The Bertz CT molecular complexity index is 571. The van der Waals surface area contributed by atoms with Crippen LogP contribution in [0.5, 0.6) is 11.8 Å². The summed E-state index contributed by atoms with van der Waals surface area (Å²) in [7, 11) is 5.05. The van der Waals surface area contributed by atoms with Gasteiger partial charge in [0.05, 0.1) is 26.5 Å². The van der Waals surface area contributed by atoms with Crippen LogP contribution < -0.4 is 14.8 Å². The van der Waals surface area contributed by atoms with E-state index in [1.165, 1.54) is 9.75 Å². The number of aromatic nitrogens is 2. The van der Waals surface area contributed by atoms with Crippen molar-refractivity contribution >= 4 is 11.3 Å². The molecule has 2 rings (SSSR count). The number of nitrogens with one attached hydrogen (secondary N) is 1. The Balaban J connectivity index is 2.40.